The Bertz CT molecular complexity index is 3830. The van der Waals surface area contributed by atoms with Crippen molar-refractivity contribution in [3.05, 3.63) is 141 Å². The lowest BCUT2D eigenvalue weighted by atomic mass is 10.0. The van der Waals surface area contributed by atoms with Crippen LogP contribution in [0.2, 0.25) is 15.5 Å². The predicted molar refractivity (Wildman–Crippen MR) is 351 cm³/mol. The first-order chi connectivity index (χ1) is 41.4. The SMILES string of the molecule is C.C.C.CCCn1ccc2cc(N(CCO)C(=O)c3c(Cl)ncnc3Cl)cc(C3CC3)c21.CCCn1ccc2cc(N3CCOc4ncnc(Cl)c4C3=O)cc(C3CC3)c21.CCCn1ccc2cc(N3CCOc4ncnc(N)c4C3=O)cc(C3CC3)c21. The quantitative estimate of drug-likeness (QED) is 0.0914. The number of benzene rings is 3. The summed E-state index contributed by atoms with van der Waals surface area (Å²) < 4.78 is 18.3. The highest BCUT2D eigenvalue weighted by molar-refractivity contribution is 6.39. The standard InChI is InChI=1S/C21H22Cl2N4O2.C21H21ClN4O2.C21H23N5O2.3CH4/c1-2-6-26-7-5-14-10-15(11-16(18(14)26)13-3-4-13)27(8-9-28)21(29)17-19(22)24-12-25-20(17)23;2*1-2-6-25-7-5-14-10-15(11-16(18(14)25)13-3-4-13)26-8-9-28-20-17(21(26)27)19(22)23-12-24-20;;;/h5,7,10-13,28H,2-4,6,8-9H2,1H3;5,7,10-13H,2-4,6,8-9H2,1H3;5,7,10-13H,2-4,6,8-9H2,1H3,(H2,22,23,24);3*1H4. The Kier molecular flexibility index (Phi) is 20.3. The maximum Gasteiger partial charge on any atom is 0.267 e. The molecule has 0 saturated heterocycles. The molecule has 6 aromatic heterocycles. The third kappa shape index (κ3) is 12.9. The molecule has 3 fully saturated rings. The molecule has 3 aromatic carbocycles. The fourth-order valence-electron chi connectivity index (χ4n) is 11.8. The van der Waals surface area contributed by atoms with E-state index >= 15 is 0 Å². The Morgan fingerprint density at radius 2 is 0.989 bits per heavy atom. The van der Waals surface area contributed by atoms with Crippen LogP contribution in [0.15, 0.2) is 92.2 Å². The molecule has 14 rings (SSSR count). The van der Waals surface area contributed by atoms with Crippen LogP contribution in [-0.2, 0) is 19.6 Å². The zero-order chi connectivity index (χ0) is 59.0. The van der Waals surface area contributed by atoms with Crippen LogP contribution in [0, 0.1) is 0 Å². The van der Waals surface area contributed by atoms with E-state index in [9.17, 15) is 19.5 Å². The topological polar surface area (TPSA) is 218 Å². The summed E-state index contributed by atoms with van der Waals surface area (Å²) >= 11 is 18.5. The summed E-state index contributed by atoms with van der Waals surface area (Å²) in [7, 11) is 0. The number of rotatable bonds is 15. The number of amides is 3. The molecule has 9 aromatic rings. The van der Waals surface area contributed by atoms with Crippen molar-refractivity contribution in [3.8, 4) is 11.8 Å². The molecular weight excluding hydrogens is 1180 g/mol. The summed E-state index contributed by atoms with van der Waals surface area (Å²) in [6, 6.07) is 18.9. The van der Waals surface area contributed by atoms with E-state index in [4.69, 9.17) is 50.0 Å². The minimum absolute atomic E-state index is 0. The van der Waals surface area contributed by atoms with Crippen molar-refractivity contribution in [3.63, 3.8) is 0 Å². The fraction of sp³-hybridized carbons (Fsp3) is 0.409. The van der Waals surface area contributed by atoms with E-state index in [1.165, 1.54) is 93.6 Å². The number of hydrogen-bond acceptors (Lipinski definition) is 13. The number of fused-ring (bicyclic) bond motifs is 5. The number of nitrogens with zero attached hydrogens (tertiary/aromatic N) is 12. The molecule has 3 saturated carbocycles. The van der Waals surface area contributed by atoms with E-state index in [2.05, 4.69) is 131 Å². The molecule has 0 spiro atoms. The first-order valence-electron chi connectivity index (χ1n) is 29.4. The van der Waals surface area contributed by atoms with Crippen molar-refractivity contribution in [2.75, 3.05) is 59.9 Å². The van der Waals surface area contributed by atoms with Gasteiger partial charge in [-0.25, -0.2) is 29.9 Å². The molecule has 3 amide bonds. The number of aliphatic hydroxyl groups is 1. The van der Waals surface area contributed by atoms with Gasteiger partial charge in [-0.05, 0) is 147 Å². The van der Waals surface area contributed by atoms with Crippen LogP contribution in [0.25, 0.3) is 32.7 Å². The molecule has 0 unspecified atom stereocenters. The summed E-state index contributed by atoms with van der Waals surface area (Å²) in [5.41, 5.74) is 16.7. The van der Waals surface area contributed by atoms with Crippen molar-refractivity contribution < 1.29 is 29.0 Å². The number of aliphatic hydroxyl groups excluding tert-OH is 1. The van der Waals surface area contributed by atoms with E-state index < -0.39 is 5.91 Å². The molecule has 464 valence electrons. The number of nitrogen functional groups attached to an aromatic ring is 1. The van der Waals surface area contributed by atoms with Crippen molar-refractivity contribution in [2.45, 2.75) is 138 Å². The van der Waals surface area contributed by atoms with E-state index in [0.29, 0.717) is 49.7 Å². The smallest absolute Gasteiger partial charge is 0.267 e. The van der Waals surface area contributed by atoms with E-state index in [1.807, 2.05) is 6.07 Å². The number of ether oxygens (including phenoxy) is 2. The number of carbonyl (C=O) groups is 3. The summed E-state index contributed by atoms with van der Waals surface area (Å²) in [6.07, 6.45) is 20.6. The maximum atomic E-state index is 13.3. The lowest BCUT2D eigenvalue weighted by Crippen LogP contribution is -2.34. The number of aryl methyl sites for hydroxylation is 3. The van der Waals surface area contributed by atoms with Gasteiger partial charge in [0.05, 0.1) is 36.2 Å². The van der Waals surface area contributed by atoms with Crippen LogP contribution < -0.4 is 29.9 Å². The molecule has 3 N–H and O–H groups in total. The highest BCUT2D eigenvalue weighted by Crippen LogP contribution is 2.48. The Labute approximate surface area is 528 Å². The van der Waals surface area contributed by atoms with Crippen molar-refractivity contribution in [1.29, 1.82) is 0 Å². The lowest BCUT2D eigenvalue weighted by Gasteiger charge is -2.24. The average Bonchev–Trinajstić information content (AvgIpc) is 1.71. The van der Waals surface area contributed by atoms with E-state index in [1.54, 1.807) is 9.80 Å². The first-order valence-corrected chi connectivity index (χ1v) is 30.5. The van der Waals surface area contributed by atoms with Gasteiger partial charge in [-0.3, -0.25) is 14.4 Å². The molecule has 2 aliphatic heterocycles. The van der Waals surface area contributed by atoms with Gasteiger partial charge in [0.2, 0.25) is 11.8 Å². The molecule has 22 heteroatoms. The second kappa shape index (κ2) is 27.7. The predicted octanol–water partition coefficient (Wildman–Crippen LogP) is 14.3. The summed E-state index contributed by atoms with van der Waals surface area (Å²) in [5.74, 6) is 1.47. The van der Waals surface area contributed by atoms with Gasteiger partial charge >= 0.3 is 0 Å². The third-order valence-electron chi connectivity index (χ3n) is 16.2. The molecule has 0 bridgehead atoms. The summed E-state index contributed by atoms with van der Waals surface area (Å²) in [5, 5.41) is 13.1. The highest BCUT2D eigenvalue weighted by atomic mass is 35.5. The number of nitrogens with two attached hydrogens (primary N) is 1. The zero-order valence-corrected chi connectivity index (χ0v) is 50.0. The number of halogens is 3. The molecular formula is C66H78Cl3N13O6. The molecule has 3 aliphatic carbocycles. The van der Waals surface area contributed by atoms with Gasteiger partial charge in [-0.1, -0.05) is 77.9 Å². The van der Waals surface area contributed by atoms with Crippen molar-refractivity contribution >= 4 is 108 Å². The molecule has 19 nitrogen and oxygen atoms in total. The molecule has 0 radical (unpaired) electrons. The third-order valence-corrected chi connectivity index (χ3v) is 17.0. The first kappa shape index (κ1) is 64.6. The lowest BCUT2D eigenvalue weighted by molar-refractivity contribution is 0.0975. The van der Waals surface area contributed by atoms with E-state index in [0.717, 1.165) is 68.5 Å². The highest BCUT2D eigenvalue weighted by Gasteiger charge is 2.35. The van der Waals surface area contributed by atoms with Gasteiger partial charge in [0, 0.05) is 78.0 Å². The van der Waals surface area contributed by atoms with Gasteiger partial charge in [0.25, 0.3) is 17.7 Å². The van der Waals surface area contributed by atoms with Gasteiger partial charge in [0.15, 0.2) is 0 Å². The van der Waals surface area contributed by atoms with Crippen LogP contribution in [0.4, 0.5) is 22.9 Å². The van der Waals surface area contributed by atoms with Crippen LogP contribution in [0.1, 0.15) is 166 Å². The Morgan fingerprint density at radius 3 is 1.44 bits per heavy atom. The van der Waals surface area contributed by atoms with E-state index in [-0.39, 0.29) is 97.0 Å². The number of hydrogen-bond donors (Lipinski definition) is 2. The largest absolute Gasteiger partial charge is 0.475 e. The van der Waals surface area contributed by atoms with Gasteiger partial charge in [-0.15, -0.1) is 0 Å². The monoisotopic (exact) mass is 1250 g/mol. The summed E-state index contributed by atoms with van der Waals surface area (Å²) in [4.78, 5) is 68.7. The Hall–Kier alpha value is -7.84. The second-order valence-corrected chi connectivity index (χ2v) is 23.2. The average molecular weight is 1260 g/mol. The van der Waals surface area contributed by atoms with Gasteiger partial charge in [-0.2, -0.15) is 0 Å². The Morgan fingerprint density at radius 1 is 0.580 bits per heavy atom. The number of aromatic nitrogens is 9. The number of carbonyl (C=O) groups excluding carboxylic acids is 3. The zero-order valence-electron chi connectivity index (χ0n) is 47.7. The van der Waals surface area contributed by atoms with Gasteiger partial charge in [0.1, 0.15) is 70.2 Å². The van der Waals surface area contributed by atoms with Crippen molar-refractivity contribution in [2.24, 2.45) is 0 Å². The normalized spacial score (nSPS) is 15.2. The minimum atomic E-state index is -0.427. The van der Waals surface area contributed by atoms with Gasteiger partial charge < -0.3 is 48.7 Å². The van der Waals surface area contributed by atoms with Crippen LogP contribution in [0.3, 0.4) is 0 Å². The molecule has 5 aliphatic rings. The number of anilines is 4. The van der Waals surface area contributed by atoms with Crippen molar-refractivity contribution in [1.82, 2.24) is 43.6 Å². The minimum Gasteiger partial charge on any atom is -0.475 e. The van der Waals surface area contributed by atoms with Crippen LogP contribution in [0.5, 0.6) is 11.8 Å². The molecule has 88 heavy (non-hydrogen) atoms. The second-order valence-electron chi connectivity index (χ2n) is 22.2. The summed E-state index contributed by atoms with van der Waals surface area (Å²) in [6.45, 7) is 11.0. The molecule has 8 heterocycles. The maximum absolute atomic E-state index is 13.3. The van der Waals surface area contributed by atoms with Crippen LogP contribution >= 0.6 is 34.8 Å². The fourth-order valence-corrected chi connectivity index (χ4v) is 12.5. The van der Waals surface area contributed by atoms with Crippen LogP contribution in [-0.4, -0.2) is 106 Å². The Balaban J connectivity index is 0.000000154. The molecule has 0 atom stereocenters.